The minimum atomic E-state index is -0.970. The molecule has 0 spiro atoms. The lowest BCUT2D eigenvalue weighted by Crippen LogP contribution is -2.05. The lowest BCUT2D eigenvalue weighted by atomic mass is 10.2. The van der Waals surface area contributed by atoms with Gasteiger partial charge in [0.1, 0.15) is 0 Å². The molecule has 0 amide bonds. The number of hydrogen-bond donors (Lipinski definition) is 2. The van der Waals surface area contributed by atoms with Gasteiger partial charge in [-0.25, -0.2) is 4.79 Å². The summed E-state index contributed by atoms with van der Waals surface area (Å²) in [4.78, 5) is 12.1. The number of anilines is 1. The summed E-state index contributed by atoms with van der Waals surface area (Å²) in [7, 11) is 0. The molecule has 0 saturated carbocycles. The van der Waals surface area contributed by atoms with Crippen LogP contribution < -0.4 is 5.32 Å². The van der Waals surface area contributed by atoms with Crippen LogP contribution in [0.3, 0.4) is 0 Å². The molecule has 0 saturated heterocycles. The predicted molar refractivity (Wildman–Crippen MR) is 74.9 cm³/mol. The Kier molecular flexibility index (Phi) is 4.23. The Labute approximate surface area is 114 Å². The zero-order valence-electron chi connectivity index (χ0n) is 9.52. The van der Waals surface area contributed by atoms with Gasteiger partial charge in [-0.1, -0.05) is 17.7 Å². The first-order chi connectivity index (χ1) is 8.66. The Hall–Kier alpha value is -1.52. The van der Waals surface area contributed by atoms with Crippen LogP contribution in [0.2, 0.25) is 5.02 Å². The number of benzene rings is 1. The maximum atomic E-state index is 10.8. The van der Waals surface area contributed by atoms with Crippen molar-refractivity contribution >= 4 is 34.6 Å². The van der Waals surface area contributed by atoms with Crippen LogP contribution in [-0.4, -0.2) is 17.6 Å². The first kappa shape index (κ1) is 12.9. The fraction of sp³-hybridized carbons (Fsp3) is 0.154. The molecule has 2 rings (SSSR count). The normalized spacial score (nSPS) is 10.3. The van der Waals surface area contributed by atoms with E-state index >= 15 is 0 Å². The fourth-order valence-electron chi connectivity index (χ4n) is 1.57. The predicted octanol–water partition coefficient (Wildman–Crippen LogP) is 3.75. The van der Waals surface area contributed by atoms with Gasteiger partial charge in [0.25, 0.3) is 0 Å². The Bertz CT molecular complexity index is 540. The van der Waals surface area contributed by atoms with Crippen molar-refractivity contribution in [3.05, 3.63) is 51.2 Å². The molecular weight excluding hydrogens is 270 g/mol. The quantitative estimate of drug-likeness (QED) is 0.877. The molecule has 0 aliphatic rings. The van der Waals surface area contributed by atoms with Crippen LogP contribution in [0.1, 0.15) is 15.2 Å². The zero-order chi connectivity index (χ0) is 13.0. The van der Waals surface area contributed by atoms with Gasteiger partial charge in [-0.05, 0) is 36.1 Å². The van der Waals surface area contributed by atoms with Crippen molar-refractivity contribution in [2.24, 2.45) is 0 Å². The lowest BCUT2D eigenvalue weighted by Gasteiger charge is -2.08. The SMILES string of the molecule is O=C(O)c1ccc(NCCc2cccs2)c(Cl)c1. The van der Waals surface area contributed by atoms with Gasteiger partial charge in [0, 0.05) is 11.4 Å². The first-order valence-corrected chi connectivity index (χ1v) is 6.71. The standard InChI is InChI=1S/C13H12ClNO2S/c14-11-8-9(13(16)17)3-4-12(11)15-6-5-10-2-1-7-18-10/h1-4,7-8,15H,5-6H2,(H,16,17). The van der Waals surface area contributed by atoms with Crippen molar-refractivity contribution in [3.8, 4) is 0 Å². The number of thiophene rings is 1. The van der Waals surface area contributed by atoms with Crippen LogP contribution >= 0.6 is 22.9 Å². The van der Waals surface area contributed by atoms with Gasteiger partial charge in [0.2, 0.25) is 0 Å². The highest BCUT2D eigenvalue weighted by Gasteiger charge is 2.06. The van der Waals surface area contributed by atoms with Crippen LogP contribution in [-0.2, 0) is 6.42 Å². The summed E-state index contributed by atoms with van der Waals surface area (Å²) in [5, 5.41) is 14.5. The molecular formula is C13H12ClNO2S. The number of carbonyl (C=O) groups is 1. The van der Waals surface area contributed by atoms with Crippen molar-refractivity contribution in [1.29, 1.82) is 0 Å². The molecule has 3 nitrogen and oxygen atoms in total. The third-order valence-corrected chi connectivity index (χ3v) is 3.73. The van der Waals surface area contributed by atoms with E-state index in [0.29, 0.717) is 5.02 Å². The Morgan fingerprint density at radius 3 is 2.83 bits per heavy atom. The molecule has 94 valence electrons. The molecule has 0 fully saturated rings. The summed E-state index contributed by atoms with van der Waals surface area (Å²) >= 11 is 7.73. The smallest absolute Gasteiger partial charge is 0.335 e. The summed E-state index contributed by atoms with van der Waals surface area (Å²) < 4.78 is 0. The van der Waals surface area contributed by atoms with Crippen LogP contribution in [0, 0.1) is 0 Å². The summed E-state index contributed by atoms with van der Waals surface area (Å²) in [5.74, 6) is -0.970. The van der Waals surface area contributed by atoms with E-state index in [-0.39, 0.29) is 5.56 Å². The maximum Gasteiger partial charge on any atom is 0.335 e. The average molecular weight is 282 g/mol. The van der Waals surface area contributed by atoms with E-state index in [1.807, 2.05) is 11.4 Å². The second-order valence-corrected chi connectivity index (χ2v) is 5.20. The van der Waals surface area contributed by atoms with Crippen molar-refractivity contribution < 1.29 is 9.90 Å². The van der Waals surface area contributed by atoms with E-state index in [9.17, 15) is 4.79 Å². The van der Waals surface area contributed by atoms with Crippen LogP contribution in [0.5, 0.6) is 0 Å². The largest absolute Gasteiger partial charge is 0.478 e. The van der Waals surface area contributed by atoms with E-state index in [0.717, 1.165) is 18.7 Å². The minimum Gasteiger partial charge on any atom is -0.478 e. The molecule has 2 N–H and O–H groups in total. The molecule has 1 heterocycles. The summed E-state index contributed by atoms with van der Waals surface area (Å²) in [6.45, 7) is 0.770. The van der Waals surface area contributed by atoms with E-state index in [1.54, 1.807) is 23.5 Å². The third kappa shape index (κ3) is 3.24. The molecule has 0 bridgehead atoms. The molecule has 0 aliphatic heterocycles. The number of carboxylic acid groups (broad SMARTS) is 1. The lowest BCUT2D eigenvalue weighted by molar-refractivity contribution is 0.0697. The summed E-state index contributed by atoms with van der Waals surface area (Å²) in [6, 6.07) is 8.80. The number of halogens is 1. The van der Waals surface area contributed by atoms with E-state index < -0.39 is 5.97 Å². The van der Waals surface area contributed by atoms with Gasteiger partial charge in [-0.3, -0.25) is 0 Å². The third-order valence-electron chi connectivity index (χ3n) is 2.48. The number of hydrogen-bond acceptors (Lipinski definition) is 3. The van der Waals surface area contributed by atoms with Crippen molar-refractivity contribution in [2.75, 3.05) is 11.9 Å². The van der Waals surface area contributed by atoms with Crippen LogP contribution in [0.4, 0.5) is 5.69 Å². The van der Waals surface area contributed by atoms with E-state index in [4.69, 9.17) is 16.7 Å². The second kappa shape index (κ2) is 5.89. The Morgan fingerprint density at radius 1 is 1.39 bits per heavy atom. The Morgan fingerprint density at radius 2 is 2.22 bits per heavy atom. The topological polar surface area (TPSA) is 49.3 Å². The molecule has 2 aromatic rings. The van der Waals surface area contributed by atoms with Crippen molar-refractivity contribution in [3.63, 3.8) is 0 Å². The number of nitrogens with one attached hydrogen (secondary N) is 1. The number of carboxylic acids is 1. The highest BCUT2D eigenvalue weighted by molar-refractivity contribution is 7.09. The van der Waals surface area contributed by atoms with Crippen LogP contribution in [0.15, 0.2) is 35.7 Å². The van der Waals surface area contributed by atoms with E-state index in [1.165, 1.54) is 10.9 Å². The zero-order valence-corrected chi connectivity index (χ0v) is 11.1. The minimum absolute atomic E-state index is 0.198. The van der Waals surface area contributed by atoms with Gasteiger partial charge in [-0.15, -0.1) is 11.3 Å². The van der Waals surface area contributed by atoms with Gasteiger partial charge >= 0.3 is 5.97 Å². The first-order valence-electron chi connectivity index (χ1n) is 5.46. The van der Waals surface area contributed by atoms with Gasteiger partial charge in [-0.2, -0.15) is 0 Å². The Balaban J connectivity index is 1.95. The molecule has 0 atom stereocenters. The molecule has 0 unspecified atom stereocenters. The van der Waals surface area contributed by atoms with Crippen molar-refractivity contribution in [2.45, 2.75) is 6.42 Å². The van der Waals surface area contributed by atoms with Crippen LogP contribution in [0.25, 0.3) is 0 Å². The molecule has 5 heteroatoms. The van der Waals surface area contributed by atoms with Gasteiger partial charge in [0.05, 0.1) is 16.3 Å². The van der Waals surface area contributed by atoms with E-state index in [2.05, 4.69) is 11.4 Å². The fourth-order valence-corrected chi connectivity index (χ4v) is 2.52. The molecule has 0 aliphatic carbocycles. The second-order valence-electron chi connectivity index (χ2n) is 3.76. The summed E-state index contributed by atoms with van der Waals surface area (Å²) in [5.41, 5.74) is 0.960. The number of rotatable bonds is 5. The van der Waals surface area contributed by atoms with Crippen molar-refractivity contribution in [1.82, 2.24) is 0 Å². The van der Waals surface area contributed by atoms with Gasteiger partial charge < -0.3 is 10.4 Å². The maximum absolute atomic E-state index is 10.8. The highest BCUT2D eigenvalue weighted by Crippen LogP contribution is 2.23. The average Bonchev–Trinajstić information content (AvgIpc) is 2.84. The monoisotopic (exact) mass is 281 g/mol. The molecule has 1 aromatic carbocycles. The molecule has 1 aromatic heterocycles. The molecule has 0 radical (unpaired) electrons. The number of aromatic carboxylic acids is 1. The highest BCUT2D eigenvalue weighted by atomic mass is 35.5. The van der Waals surface area contributed by atoms with Gasteiger partial charge in [0.15, 0.2) is 0 Å². The molecule has 18 heavy (non-hydrogen) atoms. The summed E-state index contributed by atoms with van der Waals surface area (Å²) in [6.07, 6.45) is 0.925.